The zero-order chi connectivity index (χ0) is 31.6. The van der Waals surface area contributed by atoms with E-state index in [1.54, 1.807) is 0 Å². The lowest BCUT2D eigenvalue weighted by molar-refractivity contribution is 0.669. The predicted octanol–water partition coefficient (Wildman–Crippen LogP) is 12.4. The van der Waals surface area contributed by atoms with Crippen LogP contribution < -0.4 is 0 Å². The van der Waals surface area contributed by atoms with Crippen LogP contribution in [0.5, 0.6) is 0 Å². The predicted molar refractivity (Wildman–Crippen MR) is 202 cm³/mol. The highest BCUT2D eigenvalue weighted by molar-refractivity contribution is 6.24. The first-order valence-corrected chi connectivity index (χ1v) is 16.3. The van der Waals surface area contributed by atoms with Crippen molar-refractivity contribution in [3.8, 4) is 16.8 Å². The molecule has 3 heteroatoms. The number of hydrogen-bond acceptors (Lipinski definition) is 2. The van der Waals surface area contributed by atoms with Crippen LogP contribution in [0.2, 0.25) is 0 Å². The number of nitrogens with zero attached hydrogens (tertiary/aromatic N) is 2. The first kappa shape index (κ1) is 26.7. The number of hydrogen-bond donors (Lipinski definition) is 0. The Bertz CT molecular complexity index is 2870. The maximum atomic E-state index is 6.39. The summed E-state index contributed by atoms with van der Waals surface area (Å²) < 4.78 is 8.79. The lowest BCUT2D eigenvalue weighted by Gasteiger charge is -2.13. The van der Waals surface area contributed by atoms with E-state index in [9.17, 15) is 0 Å². The molecule has 0 spiro atoms. The van der Waals surface area contributed by atoms with Gasteiger partial charge >= 0.3 is 0 Å². The molecule has 0 unspecified atom stereocenters. The molecule has 2 aromatic heterocycles. The molecule has 0 N–H and O–H groups in total. The third-order valence-corrected chi connectivity index (χ3v) is 9.62. The molecule has 0 aliphatic carbocycles. The zero-order valence-electron chi connectivity index (χ0n) is 26.0. The number of benzene rings is 8. The smallest absolute Gasteiger partial charge is 0.137 e. The van der Waals surface area contributed by atoms with Gasteiger partial charge in [-0.2, -0.15) is 0 Å². The molecule has 8 aromatic carbocycles. The Morgan fingerprint density at radius 3 is 1.98 bits per heavy atom. The van der Waals surface area contributed by atoms with Gasteiger partial charge in [-0.05, 0) is 74.6 Å². The van der Waals surface area contributed by atoms with E-state index in [2.05, 4.69) is 150 Å². The third-order valence-electron chi connectivity index (χ3n) is 9.62. The number of para-hydroxylation sites is 1. The molecule has 2 heterocycles. The van der Waals surface area contributed by atoms with Crippen LogP contribution in [0.4, 0.5) is 5.69 Å². The van der Waals surface area contributed by atoms with Gasteiger partial charge in [0.1, 0.15) is 11.2 Å². The van der Waals surface area contributed by atoms with Gasteiger partial charge in [-0.15, -0.1) is 0 Å². The van der Waals surface area contributed by atoms with Crippen molar-refractivity contribution in [2.24, 2.45) is 4.99 Å². The normalized spacial score (nSPS) is 12.1. The highest BCUT2D eigenvalue weighted by Crippen LogP contribution is 2.44. The topological polar surface area (TPSA) is 30.4 Å². The van der Waals surface area contributed by atoms with E-state index < -0.39 is 0 Å². The molecule has 0 amide bonds. The summed E-state index contributed by atoms with van der Waals surface area (Å²) in [5.74, 6) is 0. The van der Waals surface area contributed by atoms with Crippen molar-refractivity contribution in [1.82, 2.24) is 4.57 Å². The van der Waals surface area contributed by atoms with Crippen molar-refractivity contribution in [3.05, 3.63) is 169 Å². The Morgan fingerprint density at radius 2 is 1.15 bits per heavy atom. The number of rotatable bonds is 4. The highest BCUT2D eigenvalue weighted by atomic mass is 16.3. The Kier molecular flexibility index (Phi) is 5.87. The number of fused-ring (bicyclic) bond motifs is 9. The monoisotopic (exact) mass is 612 g/mol. The van der Waals surface area contributed by atoms with Crippen LogP contribution in [0.25, 0.3) is 82.1 Å². The van der Waals surface area contributed by atoms with Crippen molar-refractivity contribution in [1.29, 1.82) is 0 Å². The van der Waals surface area contributed by atoms with Crippen LogP contribution in [-0.2, 0) is 0 Å². The molecule has 0 saturated heterocycles. The molecule has 0 aliphatic rings. The summed E-state index contributed by atoms with van der Waals surface area (Å²) >= 11 is 0. The molecule has 0 fully saturated rings. The Labute approximate surface area is 276 Å². The molecule has 0 atom stereocenters. The number of furan rings is 1. The van der Waals surface area contributed by atoms with E-state index in [0.29, 0.717) is 0 Å². The molecule has 0 radical (unpaired) electrons. The Balaban J connectivity index is 1.27. The fourth-order valence-corrected chi connectivity index (χ4v) is 7.36. The number of aromatic nitrogens is 1. The SMILES string of the molecule is C(=N\c1c(-n2c3cc4ccccc4cc3c3c4ccccc4ccc32)ccc2oc3ccccc3c12)/c1ccc(-c2ccccc2)cc1. The van der Waals surface area contributed by atoms with Crippen LogP contribution in [0.3, 0.4) is 0 Å². The van der Waals surface area contributed by atoms with Gasteiger partial charge in [0, 0.05) is 22.4 Å². The van der Waals surface area contributed by atoms with Gasteiger partial charge in [0.25, 0.3) is 0 Å². The quantitative estimate of drug-likeness (QED) is 0.182. The summed E-state index contributed by atoms with van der Waals surface area (Å²) in [7, 11) is 0. The lowest BCUT2D eigenvalue weighted by atomic mass is 10.0. The summed E-state index contributed by atoms with van der Waals surface area (Å²) in [5.41, 5.74) is 9.28. The molecular formula is C45H28N2O. The summed E-state index contributed by atoms with van der Waals surface area (Å²) in [5, 5.41) is 9.44. The van der Waals surface area contributed by atoms with Crippen LogP contribution in [0, 0.1) is 0 Å². The van der Waals surface area contributed by atoms with Gasteiger partial charge in [0.2, 0.25) is 0 Å². The van der Waals surface area contributed by atoms with E-state index in [1.807, 2.05) is 24.4 Å². The molecule has 10 aromatic rings. The third kappa shape index (κ3) is 4.11. The minimum atomic E-state index is 0.822. The van der Waals surface area contributed by atoms with E-state index in [4.69, 9.17) is 9.41 Å². The van der Waals surface area contributed by atoms with Crippen molar-refractivity contribution in [2.45, 2.75) is 0 Å². The lowest BCUT2D eigenvalue weighted by Crippen LogP contribution is -1.95. The largest absolute Gasteiger partial charge is 0.456 e. The fraction of sp³-hybridized carbons (Fsp3) is 0. The molecular weight excluding hydrogens is 585 g/mol. The molecule has 224 valence electrons. The van der Waals surface area contributed by atoms with Gasteiger partial charge in [-0.1, -0.05) is 127 Å². The first-order chi connectivity index (χ1) is 23.8. The van der Waals surface area contributed by atoms with Crippen LogP contribution in [0.15, 0.2) is 173 Å². The molecule has 0 bridgehead atoms. The van der Waals surface area contributed by atoms with E-state index >= 15 is 0 Å². The van der Waals surface area contributed by atoms with Crippen LogP contribution in [0.1, 0.15) is 5.56 Å². The van der Waals surface area contributed by atoms with Crippen molar-refractivity contribution in [3.63, 3.8) is 0 Å². The van der Waals surface area contributed by atoms with Gasteiger partial charge in [-0.3, -0.25) is 4.99 Å². The second-order valence-corrected chi connectivity index (χ2v) is 12.4. The molecule has 3 nitrogen and oxygen atoms in total. The maximum Gasteiger partial charge on any atom is 0.137 e. The first-order valence-electron chi connectivity index (χ1n) is 16.3. The summed E-state index contributed by atoms with van der Waals surface area (Å²) in [6.45, 7) is 0. The Hall–Kier alpha value is -6.45. The van der Waals surface area contributed by atoms with Crippen molar-refractivity contribution < 1.29 is 4.42 Å². The van der Waals surface area contributed by atoms with Gasteiger partial charge in [0.05, 0.1) is 27.8 Å². The molecule has 0 aliphatic heterocycles. The summed E-state index contributed by atoms with van der Waals surface area (Å²) in [6.07, 6.45) is 1.98. The zero-order valence-corrected chi connectivity index (χ0v) is 26.0. The van der Waals surface area contributed by atoms with Gasteiger partial charge < -0.3 is 8.98 Å². The Morgan fingerprint density at radius 1 is 0.458 bits per heavy atom. The van der Waals surface area contributed by atoms with E-state index in [-0.39, 0.29) is 0 Å². The number of aliphatic imine (C=N–C) groups is 1. The fourth-order valence-electron chi connectivity index (χ4n) is 7.36. The van der Waals surface area contributed by atoms with Crippen molar-refractivity contribution >= 4 is 77.2 Å². The second kappa shape index (κ2) is 10.5. The molecule has 48 heavy (non-hydrogen) atoms. The van der Waals surface area contributed by atoms with E-state index in [0.717, 1.165) is 49.9 Å². The summed E-state index contributed by atoms with van der Waals surface area (Å²) in [6, 6.07) is 58.0. The average molecular weight is 613 g/mol. The minimum Gasteiger partial charge on any atom is -0.456 e. The summed E-state index contributed by atoms with van der Waals surface area (Å²) in [4.78, 5) is 5.32. The van der Waals surface area contributed by atoms with Crippen LogP contribution >= 0.6 is 0 Å². The maximum absolute atomic E-state index is 6.39. The van der Waals surface area contributed by atoms with Crippen LogP contribution in [-0.4, -0.2) is 10.8 Å². The highest BCUT2D eigenvalue weighted by Gasteiger charge is 2.21. The van der Waals surface area contributed by atoms with Gasteiger partial charge in [-0.25, -0.2) is 0 Å². The van der Waals surface area contributed by atoms with E-state index in [1.165, 1.54) is 43.4 Å². The van der Waals surface area contributed by atoms with Crippen molar-refractivity contribution in [2.75, 3.05) is 0 Å². The average Bonchev–Trinajstić information content (AvgIpc) is 3.69. The standard InChI is InChI=1S/C45H28N2O/c1-2-10-30(11-3-1)31-20-18-29(19-21-31)28-46-45-39(24-25-42-44(45)36-16-8-9-17-41(36)48-42)47-38-23-22-32-12-6-7-15-35(32)43(38)37-26-33-13-4-5-14-34(33)27-40(37)47/h1-28H/b46-28+. The molecule has 10 rings (SSSR count). The molecule has 0 saturated carbocycles. The second-order valence-electron chi connectivity index (χ2n) is 12.4. The minimum absolute atomic E-state index is 0.822. The van der Waals surface area contributed by atoms with Gasteiger partial charge in [0.15, 0.2) is 0 Å².